The zero-order chi connectivity index (χ0) is 16.6. The fourth-order valence-corrected chi connectivity index (χ4v) is 2.99. The van der Waals surface area contributed by atoms with Crippen LogP contribution in [0.15, 0.2) is 42.6 Å². The number of nitrogens with zero attached hydrogens (tertiary/aromatic N) is 2. The molecule has 0 spiro atoms. The molecule has 1 aliphatic heterocycles. The first-order valence-corrected chi connectivity index (χ1v) is 7.60. The Kier molecular flexibility index (Phi) is 3.86. The van der Waals surface area contributed by atoms with E-state index in [4.69, 9.17) is 0 Å². The van der Waals surface area contributed by atoms with Crippen molar-refractivity contribution in [2.75, 3.05) is 12.4 Å². The van der Waals surface area contributed by atoms with Crippen LogP contribution in [0, 0.1) is 13.8 Å². The van der Waals surface area contributed by atoms with E-state index in [0.717, 1.165) is 22.5 Å². The first-order valence-electron chi connectivity index (χ1n) is 7.60. The number of carbonyl (C=O) groups is 2. The van der Waals surface area contributed by atoms with Crippen molar-refractivity contribution in [1.29, 1.82) is 0 Å². The first-order chi connectivity index (χ1) is 11.0. The van der Waals surface area contributed by atoms with Crippen LogP contribution in [0.1, 0.15) is 22.9 Å². The molecule has 1 atom stereocenters. The average molecular weight is 310 g/mol. The van der Waals surface area contributed by atoms with E-state index in [-0.39, 0.29) is 18.4 Å². The Morgan fingerprint density at radius 2 is 1.87 bits per heavy atom. The summed E-state index contributed by atoms with van der Waals surface area (Å²) in [7, 11) is 1.67. The van der Waals surface area contributed by atoms with Gasteiger partial charge in [0.2, 0.25) is 12.2 Å². The van der Waals surface area contributed by atoms with Crippen molar-refractivity contribution in [3.8, 4) is 0 Å². The van der Waals surface area contributed by atoms with Crippen LogP contribution >= 0.6 is 0 Å². The lowest BCUT2D eigenvalue weighted by molar-refractivity contribution is -0.698. The Balaban J connectivity index is 1.97. The number of benzene rings is 1. The summed E-state index contributed by atoms with van der Waals surface area (Å²) in [5, 5.41) is 2.99. The summed E-state index contributed by atoms with van der Waals surface area (Å²) in [5.41, 5.74) is 3.64. The molecule has 1 unspecified atom stereocenters. The maximum Gasteiger partial charge on any atom is 0.289 e. The third-order valence-corrected chi connectivity index (χ3v) is 4.32. The van der Waals surface area contributed by atoms with Crippen LogP contribution in [-0.4, -0.2) is 23.8 Å². The predicted octanol–water partition coefficient (Wildman–Crippen LogP) is 1.74. The lowest BCUT2D eigenvalue weighted by Gasteiger charge is -2.29. The third kappa shape index (κ3) is 2.70. The van der Waals surface area contributed by atoms with Crippen LogP contribution in [0.3, 0.4) is 0 Å². The van der Waals surface area contributed by atoms with Crippen LogP contribution in [0.5, 0.6) is 0 Å². The normalized spacial score (nSPS) is 16.9. The SMILES string of the molecule is Cc1cccc(C)c1NC(=O)C1c2cccc[n+]2CC(=O)N1C. The number of aromatic nitrogens is 1. The van der Waals surface area contributed by atoms with E-state index in [9.17, 15) is 9.59 Å². The molecule has 3 rings (SSSR count). The lowest BCUT2D eigenvalue weighted by Crippen LogP contribution is -2.57. The van der Waals surface area contributed by atoms with Crippen molar-refractivity contribution in [3.05, 3.63) is 59.4 Å². The van der Waals surface area contributed by atoms with E-state index in [2.05, 4.69) is 5.32 Å². The molecule has 2 amide bonds. The molecule has 23 heavy (non-hydrogen) atoms. The second kappa shape index (κ2) is 5.83. The van der Waals surface area contributed by atoms with Crippen molar-refractivity contribution in [3.63, 3.8) is 0 Å². The van der Waals surface area contributed by atoms with E-state index in [1.165, 1.54) is 4.90 Å². The van der Waals surface area contributed by atoms with Gasteiger partial charge in [-0.1, -0.05) is 24.3 Å². The number of carbonyl (C=O) groups excluding carboxylic acids is 2. The molecule has 0 fully saturated rings. The number of para-hydroxylation sites is 1. The fourth-order valence-electron chi connectivity index (χ4n) is 2.99. The van der Waals surface area contributed by atoms with Gasteiger partial charge in [0.25, 0.3) is 11.8 Å². The summed E-state index contributed by atoms with van der Waals surface area (Å²) in [4.78, 5) is 26.6. The third-order valence-electron chi connectivity index (χ3n) is 4.32. The lowest BCUT2D eigenvalue weighted by atomic mass is 10.1. The van der Waals surface area contributed by atoms with E-state index >= 15 is 0 Å². The highest BCUT2D eigenvalue weighted by atomic mass is 16.2. The summed E-state index contributed by atoms with van der Waals surface area (Å²) in [6, 6.07) is 10.9. The van der Waals surface area contributed by atoms with Crippen LogP contribution < -0.4 is 9.88 Å². The molecule has 2 aromatic rings. The number of fused-ring (bicyclic) bond motifs is 1. The highest BCUT2D eigenvalue weighted by Crippen LogP contribution is 2.25. The summed E-state index contributed by atoms with van der Waals surface area (Å²) >= 11 is 0. The van der Waals surface area contributed by atoms with Crippen LogP contribution in [0.25, 0.3) is 0 Å². The molecule has 5 nitrogen and oxygen atoms in total. The molecule has 1 aliphatic rings. The molecule has 0 aliphatic carbocycles. The Morgan fingerprint density at radius 1 is 1.17 bits per heavy atom. The molecular formula is C18H20N3O2+. The maximum absolute atomic E-state index is 12.9. The summed E-state index contributed by atoms with van der Waals surface area (Å²) in [6.45, 7) is 4.18. The summed E-state index contributed by atoms with van der Waals surface area (Å²) in [5.74, 6) is -0.270. The molecule has 0 bridgehead atoms. The second-order valence-electron chi connectivity index (χ2n) is 5.92. The van der Waals surface area contributed by atoms with Gasteiger partial charge < -0.3 is 10.2 Å². The zero-order valence-electron chi connectivity index (χ0n) is 13.5. The van der Waals surface area contributed by atoms with Gasteiger partial charge in [-0.3, -0.25) is 9.59 Å². The topological polar surface area (TPSA) is 53.3 Å². The van der Waals surface area contributed by atoms with Crippen molar-refractivity contribution < 1.29 is 14.2 Å². The smallest absolute Gasteiger partial charge is 0.289 e. The molecule has 1 N–H and O–H groups in total. The van der Waals surface area contributed by atoms with Crippen LogP contribution in [0.4, 0.5) is 5.69 Å². The van der Waals surface area contributed by atoms with Crippen LogP contribution in [-0.2, 0) is 16.1 Å². The Labute approximate surface area is 135 Å². The molecule has 118 valence electrons. The van der Waals surface area contributed by atoms with Gasteiger partial charge in [0.1, 0.15) is 0 Å². The summed E-state index contributed by atoms with van der Waals surface area (Å²) in [6.07, 6.45) is 1.83. The highest BCUT2D eigenvalue weighted by molar-refractivity contribution is 5.98. The van der Waals surface area contributed by atoms with Gasteiger partial charge in [-0.05, 0) is 25.0 Å². The molecule has 1 aromatic heterocycles. The van der Waals surface area contributed by atoms with Crippen molar-refractivity contribution in [1.82, 2.24) is 4.90 Å². The van der Waals surface area contributed by atoms with Gasteiger partial charge in [-0.2, -0.15) is 4.57 Å². The number of hydrogen-bond acceptors (Lipinski definition) is 2. The molecule has 2 heterocycles. The van der Waals surface area contributed by atoms with Crippen molar-refractivity contribution in [2.45, 2.75) is 26.4 Å². The summed E-state index contributed by atoms with van der Waals surface area (Å²) < 4.78 is 1.83. The van der Waals surface area contributed by atoms with Crippen molar-refractivity contribution >= 4 is 17.5 Å². The molecule has 5 heteroatoms. The van der Waals surface area contributed by atoms with Gasteiger partial charge in [-0.15, -0.1) is 0 Å². The Bertz CT molecular complexity index is 765. The number of anilines is 1. The quantitative estimate of drug-likeness (QED) is 0.859. The van der Waals surface area contributed by atoms with Gasteiger partial charge in [-0.25, -0.2) is 0 Å². The van der Waals surface area contributed by atoms with E-state index in [1.54, 1.807) is 7.05 Å². The minimum atomic E-state index is -0.628. The molecule has 1 aromatic carbocycles. The van der Waals surface area contributed by atoms with Crippen LogP contribution in [0.2, 0.25) is 0 Å². The Hall–Kier alpha value is -2.69. The zero-order valence-corrected chi connectivity index (χ0v) is 13.5. The standard InChI is InChI=1S/C18H19N3O2/c1-12-7-6-8-13(2)16(12)19-18(23)17-14-9-4-5-10-21(14)11-15(22)20(17)3/h4-10,17H,11H2,1-3H3/p+1. The molecule has 0 saturated carbocycles. The monoisotopic (exact) mass is 310 g/mol. The highest BCUT2D eigenvalue weighted by Gasteiger charge is 2.40. The van der Waals surface area contributed by atoms with E-state index in [0.29, 0.717) is 0 Å². The predicted molar refractivity (Wildman–Crippen MR) is 86.7 cm³/mol. The average Bonchev–Trinajstić information content (AvgIpc) is 2.52. The van der Waals surface area contributed by atoms with Gasteiger partial charge >= 0.3 is 0 Å². The number of hydrogen-bond donors (Lipinski definition) is 1. The minimum absolute atomic E-state index is 0.0737. The Morgan fingerprint density at radius 3 is 2.57 bits per heavy atom. The second-order valence-corrected chi connectivity index (χ2v) is 5.92. The fraction of sp³-hybridized carbons (Fsp3) is 0.278. The molecule has 0 saturated heterocycles. The number of nitrogens with one attached hydrogen (secondary N) is 1. The van der Waals surface area contributed by atoms with Crippen molar-refractivity contribution in [2.24, 2.45) is 0 Å². The molecule has 0 radical (unpaired) electrons. The van der Waals surface area contributed by atoms with E-state index < -0.39 is 6.04 Å². The van der Waals surface area contributed by atoms with Gasteiger partial charge in [0.15, 0.2) is 12.2 Å². The molecular weight excluding hydrogens is 290 g/mol. The maximum atomic E-state index is 12.9. The number of aryl methyl sites for hydroxylation is 2. The van der Waals surface area contributed by atoms with Gasteiger partial charge in [0.05, 0.1) is 0 Å². The van der Waals surface area contributed by atoms with E-state index in [1.807, 2.05) is 61.0 Å². The van der Waals surface area contributed by atoms with Gasteiger partial charge in [0, 0.05) is 24.9 Å². The number of likely N-dealkylation sites (N-methyl/N-ethyl adjacent to an activating group) is 1. The number of rotatable bonds is 2. The minimum Gasteiger partial charge on any atom is -0.323 e. The first kappa shape index (κ1) is 15.2. The number of amides is 2. The number of pyridine rings is 1. The largest absolute Gasteiger partial charge is 0.323 e.